The van der Waals surface area contributed by atoms with Crippen LogP contribution in [0.2, 0.25) is 0 Å². The number of anilines is 1. The fourth-order valence-corrected chi connectivity index (χ4v) is 5.63. The molecule has 24 heavy (non-hydrogen) atoms. The molecule has 3 heteroatoms. The van der Waals surface area contributed by atoms with E-state index in [1.165, 1.54) is 36.1 Å². The number of nitrogens with two attached hydrogens (primary N) is 1. The normalized spacial score (nSPS) is 32.8. The number of carbonyl (C=O) groups is 1. The lowest BCUT2D eigenvalue weighted by atomic mass is 9.68. The number of rotatable bonds is 2. The highest BCUT2D eigenvalue weighted by Crippen LogP contribution is 2.63. The molecule has 3 aliphatic rings. The molecule has 5 rings (SSSR count). The van der Waals surface area contributed by atoms with Gasteiger partial charge in [-0.15, -0.1) is 0 Å². The molecule has 5 atom stereocenters. The number of amides is 1. The second-order valence-corrected chi connectivity index (χ2v) is 7.64. The van der Waals surface area contributed by atoms with Gasteiger partial charge in [0.15, 0.2) is 0 Å². The summed E-state index contributed by atoms with van der Waals surface area (Å²) in [5, 5.41) is 3.78. The Morgan fingerprint density at radius 1 is 1.04 bits per heavy atom. The van der Waals surface area contributed by atoms with Crippen LogP contribution >= 0.6 is 0 Å². The first-order valence-electron chi connectivity index (χ1n) is 8.97. The maximum absolute atomic E-state index is 11.6. The van der Waals surface area contributed by atoms with E-state index in [9.17, 15) is 4.79 Å². The minimum absolute atomic E-state index is 0.331. The molecule has 2 aliphatic carbocycles. The van der Waals surface area contributed by atoms with Crippen LogP contribution in [-0.2, 0) is 0 Å². The van der Waals surface area contributed by atoms with Crippen LogP contribution in [0.3, 0.4) is 0 Å². The van der Waals surface area contributed by atoms with Gasteiger partial charge in [-0.05, 0) is 72.3 Å². The Bertz CT molecular complexity index is 801. The van der Waals surface area contributed by atoms with E-state index in [4.69, 9.17) is 5.73 Å². The first-order chi connectivity index (χ1) is 11.7. The molecule has 122 valence electrons. The van der Waals surface area contributed by atoms with Gasteiger partial charge in [0, 0.05) is 11.3 Å². The molecule has 0 aromatic heterocycles. The molecular formula is C21H22N2O. The average molecular weight is 318 g/mol. The Kier molecular flexibility index (Phi) is 2.99. The molecule has 3 N–H and O–H groups in total. The van der Waals surface area contributed by atoms with Crippen molar-refractivity contribution in [2.24, 2.45) is 23.5 Å². The number of fused-ring (bicyclic) bond motifs is 7. The van der Waals surface area contributed by atoms with Crippen molar-refractivity contribution in [1.29, 1.82) is 0 Å². The van der Waals surface area contributed by atoms with Crippen molar-refractivity contribution in [2.45, 2.75) is 31.2 Å². The first-order valence-corrected chi connectivity index (χ1v) is 8.97. The Morgan fingerprint density at radius 2 is 1.83 bits per heavy atom. The van der Waals surface area contributed by atoms with Crippen molar-refractivity contribution in [2.75, 3.05) is 5.32 Å². The SMILES string of the molecule is NC(=O)c1ccc2c(c1)[C@@H]1[C@H]3CC[C@H](C3)[C@@H]1[C@@H](c1ccccc1)N2. The van der Waals surface area contributed by atoms with Crippen LogP contribution in [0.15, 0.2) is 48.5 Å². The maximum atomic E-state index is 11.6. The average Bonchev–Trinajstić information content (AvgIpc) is 3.23. The summed E-state index contributed by atoms with van der Waals surface area (Å²) in [6.07, 6.45) is 4.01. The van der Waals surface area contributed by atoms with Crippen LogP contribution in [0.4, 0.5) is 5.69 Å². The maximum Gasteiger partial charge on any atom is 0.248 e. The third-order valence-corrected chi connectivity index (χ3v) is 6.53. The van der Waals surface area contributed by atoms with Crippen molar-refractivity contribution < 1.29 is 4.79 Å². The first kappa shape index (κ1) is 14.1. The lowest BCUT2D eigenvalue weighted by Gasteiger charge is -2.43. The summed E-state index contributed by atoms with van der Waals surface area (Å²) in [6.45, 7) is 0. The van der Waals surface area contributed by atoms with Crippen LogP contribution < -0.4 is 11.1 Å². The van der Waals surface area contributed by atoms with E-state index in [2.05, 4.69) is 35.6 Å². The number of primary amides is 1. The Balaban J connectivity index is 1.64. The van der Waals surface area contributed by atoms with Gasteiger partial charge < -0.3 is 11.1 Å². The second-order valence-electron chi connectivity index (χ2n) is 7.64. The Hall–Kier alpha value is -2.29. The summed E-state index contributed by atoms with van der Waals surface area (Å²) in [5.41, 5.74) is 10.0. The summed E-state index contributed by atoms with van der Waals surface area (Å²) in [6, 6.07) is 17.1. The summed E-state index contributed by atoms with van der Waals surface area (Å²) >= 11 is 0. The van der Waals surface area contributed by atoms with E-state index < -0.39 is 0 Å². The Labute approximate surface area is 142 Å². The van der Waals surface area contributed by atoms with Crippen molar-refractivity contribution in [3.8, 4) is 0 Å². The van der Waals surface area contributed by atoms with E-state index in [-0.39, 0.29) is 5.91 Å². The second kappa shape index (κ2) is 5.10. The van der Waals surface area contributed by atoms with E-state index in [0.29, 0.717) is 23.4 Å². The highest BCUT2D eigenvalue weighted by atomic mass is 16.1. The van der Waals surface area contributed by atoms with Gasteiger partial charge in [0.25, 0.3) is 0 Å². The van der Waals surface area contributed by atoms with Crippen LogP contribution in [-0.4, -0.2) is 5.91 Å². The molecule has 2 saturated carbocycles. The molecule has 1 heterocycles. The molecule has 0 spiro atoms. The lowest BCUT2D eigenvalue weighted by Crippen LogP contribution is -2.35. The topological polar surface area (TPSA) is 55.1 Å². The van der Waals surface area contributed by atoms with Gasteiger partial charge in [-0.3, -0.25) is 4.79 Å². The largest absolute Gasteiger partial charge is 0.378 e. The molecule has 1 aliphatic heterocycles. The zero-order chi connectivity index (χ0) is 16.3. The number of nitrogens with one attached hydrogen (secondary N) is 1. The standard InChI is InChI=1S/C21H22N2O/c22-21(24)15-8-9-17-16(11-15)18-13-6-7-14(10-13)19(18)20(23-17)12-4-2-1-3-5-12/h1-5,8-9,11,13-14,18-20,23H,6-7,10H2,(H2,22,24)/t13-,14+,18-,19-,20+/m0/s1. The summed E-state index contributed by atoms with van der Waals surface area (Å²) in [7, 11) is 0. The van der Waals surface area contributed by atoms with E-state index in [1.807, 2.05) is 18.2 Å². The molecular weight excluding hydrogens is 296 g/mol. The number of carbonyl (C=O) groups excluding carboxylic acids is 1. The molecule has 2 aromatic rings. The summed E-state index contributed by atoms with van der Waals surface area (Å²) < 4.78 is 0. The lowest BCUT2D eigenvalue weighted by molar-refractivity contribution is 0.1000. The summed E-state index contributed by atoms with van der Waals surface area (Å²) in [5.74, 6) is 2.41. The highest BCUT2D eigenvalue weighted by Gasteiger charge is 2.53. The van der Waals surface area contributed by atoms with Crippen LogP contribution in [0.25, 0.3) is 0 Å². The van der Waals surface area contributed by atoms with Gasteiger partial charge in [-0.25, -0.2) is 0 Å². The third kappa shape index (κ3) is 1.94. The monoisotopic (exact) mass is 318 g/mol. The zero-order valence-electron chi connectivity index (χ0n) is 13.6. The molecule has 3 nitrogen and oxygen atoms in total. The molecule has 0 radical (unpaired) electrons. The molecule has 2 bridgehead atoms. The third-order valence-electron chi connectivity index (χ3n) is 6.53. The van der Waals surface area contributed by atoms with Crippen molar-refractivity contribution in [3.05, 3.63) is 65.2 Å². The molecule has 1 amide bonds. The number of benzene rings is 2. The van der Waals surface area contributed by atoms with Crippen LogP contribution in [0.1, 0.15) is 52.7 Å². The minimum atomic E-state index is -0.331. The molecule has 0 unspecified atom stereocenters. The number of hydrogen-bond donors (Lipinski definition) is 2. The van der Waals surface area contributed by atoms with Crippen molar-refractivity contribution in [3.63, 3.8) is 0 Å². The van der Waals surface area contributed by atoms with Gasteiger partial charge in [0.2, 0.25) is 5.91 Å². The van der Waals surface area contributed by atoms with E-state index in [1.54, 1.807) is 0 Å². The van der Waals surface area contributed by atoms with Gasteiger partial charge in [0.1, 0.15) is 0 Å². The summed E-state index contributed by atoms with van der Waals surface area (Å²) in [4.78, 5) is 11.6. The van der Waals surface area contributed by atoms with Gasteiger partial charge in [0.05, 0.1) is 6.04 Å². The van der Waals surface area contributed by atoms with Gasteiger partial charge in [-0.1, -0.05) is 30.3 Å². The van der Waals surface area contributed by atoms with Crippen molar-refractivity contribution in [1.82, 2.24) is 0 Å². The molecule has 0 saturated heterocycles. The van der Waals surface area contributed by atoms with Crippen LogP contribution in [0, 0.1) is 17.8 Å². The minimum Gasteiger partial charge on any atom is -0.378 e. The van der Waals surface area contributed by atoms with Gasteiger partial charge >= 0.3 is 0 Å². The number of hydrogen-bond acceptors (Lipinski definition) is 2. The van der Waals surface area contributed by atoms with Crippen molar-refractivity contribution >= 4 is 11.6 Å². The zero-order valence-corrected chi connectivity index (χ0v) is 13.6. The quantitative estimate of drug-likeness (QED) is 0.876. The Morgan fingerprint density at radius 3 is 2.62 bits per heavy atom. The predicted molar refractivity (Wildman–Crippen MR) is 94.8 cm³/mol. The van der Waals surface area contributed by atoms with E-state index in [0.717, 1.165) is 11.8 Å². The van der Waals surface area contributed by atoms with E-state index >= 15 is 0 Å². The molecule has 2 fully saturated rings. The fraction of sp³-hybridized carbons (Fsp3) is 0.381. The fourth-order valence-electron chi connectivity index (χ4n) is 5.63. The van der Waals surface area contributed by atoms with Crippen LogP contribution in [0.5, 0.6) is 0 Å². The van der Waals surface area contributed by atoms with Gasteiger partial charge in [-0.2, -0.15) is 0 Å². The predicted octanol–water partition coefficient (Wildman–Crippen LogP) is 4.08. The smallest absolute Gasteiger partial charge is 0.248 e. The molecule has 2 aromatic carbocycles. The highest BCUT2D eigenvalue weighted by molar-refractivity contribution is 5.93.